The van der Waals surface area contributed by atoms with E-state index in [0.717, 1.165) is 19.3 Å². The molecule has 0 heterocycles. The molecule has 0 N–H and O–H groups in total. The summed E-state index contributed by atoms with van der Waals surface area (Å²) in [6.07, 6.45) is 21.9. The van der Waals surface area contributed by atoms with Crippen LogP contribution in [0.1, 0.15) is 104 Å². The van der Waals surface area contributed by atoms with Crippen LogP contribution in [0.15, 0.2) is 12.2 Å². The second-order valence-electron chi connectivity index (χ2n) is 6.61. The lowest BCUT2D eigenvalue weighted by Crippen LogP contribution is -2.10. The molecule has 0 aromatic rings. The van der Waals surface area contributed by atoms with E-state index in [0.29, 0.717) is 0 Å². The van der Waals surface area contributed by atoms with Crippen molar-refractivity contribution in [1.29, 1.82) is 0 Å². The Labute approximate surface area is 151 Å². The Balaban J connectivity index is 3.23. The van der Waals surface area contributed by atoms with Gasteiger partial charge in [0.1, 0.15) is 0 Å². The molecule has 0 amide bonds. The smallest absolute Gasteiger partial charge is 0.267 e. The first-order chi connectivity index (χ1) is 11.6. The highest BCUT2D eigenvalue weighted by molar-refractivity contribution is 7.86. The van der Waals surface area contributed by atoms with Crippen molar-refractivity contribution in [1.82, 2.24) is 0 Å². The molecule has 0 radical (unpaired) electrons. The quantitative estimate of drug-likeness (QED) is 0.161. The fourth-order valence-corrected chi connectivity index (χ4v) is 3.80. The zero-order valence-electron chi connectivity index (χ0n) is 16.1. The van der Waals surface area contributed by atoms with Gasteiger partial charge in [0.25, 0.3) is 10.1 Å². The molecule has 0 spiro atoms. The van der Waals surface area contributed by atoms with Gasteiger partial charge in [0.2, 0.25) is 0 Å². The molecule has 0 bridgehead atoms. The van der Waals surface area contributed by atoms with Crippen LogP contribution in [0.25, 0.3) is 0 Å². The van der Waals surface area contributed by atoms with E-state index < -0.39 is 10.1 Å². The predicted octanol–water partition coefficient (Wildman–Crippen LogP) is 6.39. The van der Waals surface area contributed by atoms with Crippen LogP contribution >= 0.6 is 0 Å². The third kappa shape index (κ3) is 18.0. The molecule has 0 aliphatic rings. The predicted molar refractivity (Wildman–Crippen MR) is 105 cm³/mol. The third-order valence-corrected chi connectivity index (χ3v) is 5.59. The molecule has 0 fully saturated rings. The van der Waals surface area contributed by atoms with E-state index in [9.17, 15) is 8.42 Å². The molecule has 0 saturated carbocycles. The number of hydrogen-bond donors (Lipinski definition) is 0. The topological polar surface area (TPSA) is 43.4 Å². The van der Waals surface area contributed by atoms with Gasteiger partial charge < -0.3 is 0 Å². The second-order valence-corrected chi connectivity index (χ2v) is 8.37. The highest BCUT2D eigenvalue weighted by Crippen LogP contribution is 2.10. The molecule has 0 unspecified atom stereocenters. The van der Waals surface area contributed by atoms with Gasteiger partial charge in [0.05, 0.1) is 12.4 Å². The summed E-state index contributed by atoms with van der Waals surface area (Å²) in [7, 11) is -3.26. The van der Waals surface area contributed by atoms with Crippen molar-refractivity contribution < 1.29 is 12.6 Å². The van der Waals surface area contributed by atoms with Crippen molar-refractivity contribution in [3.05, 3.63) is 12.2 Å². The average Bonchev–Trinajstić information content (AvgIpc) is 2.54. The Morgan fingerprint density at radius 3 is 1.62 bits per heavy atom. The molecule has 144 valence electrons. The Morgan fingerprint density at radius 2 is 1.12 bits per heavy atom. The first kappa shape index (κ1) is 23.6. The van der Waals surface area contributed by atoms with Crippen molar-refractivity contribution in [3.63, 3.8) is 0 Å². The number of unbranched alkanes of at least 4 members (excludes halogenated alkanes) is 12. The maximum Gasteiger partial charge on any atom is 0.267 e. The van der Waals surface area contributed by atoms with Crippen LogP contribution in [0.2, 0.25) is 0 Å². The van der Waals surface area contributed by atoms with Crippen LogP contribution < -0.4 is 0 Å². The monoisotopic (exact) mass is 360 g/mol. The van der Waals surface area contributed by atoms with Gasteiger partial charge in [-0.25, -0.2) is 0 Å². The van der Waals surface area contributed by atoms with E-state index in [1.54, 1.807) is 6.92 Å². The molecule has 0 aliphatic carbocycles. The molecule has 0 aromatic carbocycles. The normalized spacial score (nSPS) is 12.2. The molecule has 0 aliphatic heterocycles. The summed E-state index contributed by atoms with van der Waals surface area (Å²) in [5.74, 6) is 0.169. The lowest BCUT2D eigenvalue weighted by atomic mass is 10.1. The highest BCUT2D eigenvalue weighted by atomic mass is 32.2. The summed E-state index contributed by atoms with van der Waals surface area (Å²) in [5, 5.41) is 0. The van der Waals surface area contributed by atoms with Crippen molar-refractivity contribution in [2.24, 2.45) is 0 Å². The van der Waals surface area contributed by atoms with Crippen molar-refractivity contribution >= 4 is 10.1 Å². The lowest BCUT2D eigenvalue weighted by molar-refractivity contribution is 0.337. The van der Waals surface area contributed by atoms with E-state index in [1.165, 1.54) is 70.6 Å². The van der Waals surface area contributed by atoms with Crippen LogP contribution in [0.5, 0.6) is 0 Å². The second kappa shape index (κ2) is 17.5. The minimum Gasteiger partial charge on any atom is -0.270 e. The minimum atomic E-state index is -3.26. The molecule has 0 aromatic heterocycles. The average molecular weight is 361 g/mol. The molecular weight excluding hydrogens is 320 g/mol. The summed E-state index contributed by atoms with van der Waals surface area (Å²) in [4.78, 5) is 0. The van der Waals surface area contributed by atoms with Gasteiger partial charge in [-0.15, -0.1) is 0 Å². The van der Waals surface area contributed by atoms with E-state index >= 15 is 0 Å². The van der Waals surface area contributed by atoms with Crippen molar-refractivity contribution in [3.8, 4) is 0 Å². The van der Waals surface area contributed by atoms with Crippen LogP contribution in [0.3, 0.4) is 0 Å². The molecular formula is C20H40O3S. The van der Waals surface area contributed by atoms with Crippen LogP contribution in [-0.4, -0.2) is 20.8 Å². The number of hydrogen-bond acceptors (Lipinski definition) is 3. The Morgan fingerprint density at radius 1 is 0.667 bits per heavy atom. The SMILES string of the molecule is CCCCCCCC/C=C\CCCCCCCCS(=O)(=O)OCC. The number of allylic oxidation sites excluding steroid dienone is 2. The van der Waals surface area contributed by atoms with Gasteiger partial charge >= 0.3 is 0 Å². The largest absolute Gasteiger partial charge is 0.270 e. The fraction of sp³-hybridized carbons (Fsp3) is 0.900. The maximum atomic E-state index is 11.3. The van der Waals surface area contributed by atoms with Crippen molar-refractivity contribution in [2.45, 2.75) is 104 Å². The summed E-state index contributed by atoms with van der Waals surface area (Å²) in [5.41, 5.74) is 0. The minimum absolute atomic E-state index is 0.169. The Bertz CT molecular complexity index is 374. The van der Waals surface area contributed by atoms with Gasteiger partial charge in [-0.2, -0.15) is 8.42 Å². The molecule has 24 heavy (non-hydrogen) atoms. The molecule has 0 atom stereocenters. The zero-order valence-corrected chi connectivity index (χ0v) is 16.9. The maximum absolute atomic E-state index is 11.3. The van der Waals surface area contributed by atoms with Gasteiger partial charge in [0.15, 0.2) is 0 Å². The van der Waals surface area contributed by atoms with Gasteiger partial charge in [-0.05, 0) is 39.0 Å². The molecule has 4 heteroatoms. The zero-order chi connectivity index (χ0) is 17.9. The van der Waals surface area contributed by atoms with Gasteiger partial charge in [0, 0.05) is 0 Å². The molecule has 0 saturated heterocycles. The first-order valence-corrected chi connectivity index (χ1v) is 11.7. The van der Waals surface area contributed by atoms with Gasteiger partial charge in [-0.3, -0.25) is 4.18 Å². The van der Waals surface area contributed by atoms with E-state index in [1.807, 2.05) is 0 Å². The fourth-order valence-electron chi connectivity index (χ4n) is 2.76. The number of rotatable bonds is 18. The van der Waals surface area contributed by atoms with Gasteiger partial charge in [-0.1, -0.05) is 76.9 Å². The summed E-state index contributed by atoms with van der Waals surface area (Å²) in [6.45, 7) is 4.21. The van der Waals surface area contributed by atoms with Crippen LogP contribution in [-0.2, 0) is 14.3 Å². The van der Waals surface area contributed by atoms with Crippen molar-refractivity contribution in [2.75, 3.05) is 12.4 Å². The summed E-state index contributed by atoms with van der Waals surface area (Å²) < 4.78 is 27.4. The molecule has 3 nitrogen and oxygen atoms in total. The summed E-state index contributed by atoms with van der Waals surface area (Å²) >= 11 is 0. The van der Waals surface area contributed by atoms with Crippen LogP contribution in [0, 0.1) is 0 Å². The van der Waals surface area contributed by atoms with E-state index in [4.69, 9.17) is 4.18 Å². The lowest BCUT2D eigenvalue weighted by Gasteiger charge is -2.03. The third-order valence-electron chi connectivity index (χ3n) is 4.20. The Hall–Kier alpha value is -0.350. The molecule has 0 rings (SSSR count). The van der Waals surface area contributed by atoms with E-state index in [-0.39, 0.29) is 12.4 Å². The Kier molecular flexibility index (Phi) is 17.2. The van der Waals surface area contributed by atoms with Crippen LogP contribution in [0.4, 0.5) is 0 Å². The first-order valence-electron chi connectivity index (χ1n) is 10.1. The standard InChI is InChI=1S/C20H40O3S/c1-3-5-6-7-8-9-10-11-12-13-14-15-16-17-18-19-20-24(21,22)23-4-2/h11-12H,3-10,13-20H2,1-2H3/b12-11-. The highest BCUT2D eigenvalue weighted by Gasteiger charge is 2.08. The summed E-state index contributed by atoms with van der Waals surface area (Å²) in [6, 6.07) is 0. The van der Waals surface area contributed by atoms with E-state index in [2.05, 4.69) is 19.1 Å².